The number of piperidine rings is 1. The molecule has 7 heteroatoms. The monoisotopic (exact) mass is 461 g/mol. The Morgan fingerprint density at radius 2 is 1.74 bits per heavy atom. The van der Waals surface area contributed by atoms with Crippen LogP contribution in [0.2, 0.25) is 0 Å². The second-order valence-corrected chi connectivity index (χ2v) is 8.43. The van der Waals surface area contributed by atoms with E-state index < -0.39 is 5.82 Å². The summed E-state index contributed by atoms with van der Waals surface area (Å²) in [6, 6.07) is 17.2. The number of carbonyl (C=O) groups is 2. The maximum absolute atomic E-state index is 14.1. The van der Waals surface area contributed by atoms with Gasteiger partial charge in [-0.05, 0) is 50.1 Å². The number of nitrogens with zero attached hydrogens (tertiary/aromatic N) is 2. The summed E-state index contributed by atoms with van der Waals surface area (Å²) in [5, 5.41) is 2.98. The summed E-state index contributed by atoms with van der Waals surface area (Å²) in [6.45, 7) is 3.20. The lowest BCUT2D eigenvalue weighted by Gasteiger charge is -2.32. The number of amides is 2. The van der Waals surface area contributed by atoms with E-state index in [0.717, 1.165) is 22.7 Å². The maximum atomic E-state index is 14.1. The van der Waals surface area contributed by atoms with Crippen molar-refractivity contribution in [3.63, 3.8) is 0 Å². The number of aromatic nitrogens is 1. The van der Waals surface area contributed by atoms with Gasteiger partial charge in [0.05, 0.1) is 23.9 Å². The topological polar surface area (TPSA) is 71.5 Å². The lowest BCUT2D eigenvalue weighted by molar-refractivity contribution is 0.0705. The van der Waals surface area contributed by atoms with Crippen LogP contribution in [-0.2, 0) is 6.54 Å². The van der Waals surface area contributed by atoms with Crippen LogP contribution < -0.4 is 10.1 Å². The highest BCUT2D eigenvalue weighted by Gasteiger charge is 2.29. The maximum Gasteiger partial charge on any atom is 0.256 e. The predicted molar refractivity (Wildman–Crippen MR) is 127 cm³/mol. The number of hydrogen-bond donors (Lipinski definition) is 1. The normalized spacial score (nSPS) is 14.0. The van der Waals surface area contributed by atoms with Gasteiger partial charge in [0.15, 0.2) is 0 Å². The number of nitrogens with one attached hydrogen (secondary N) is 1. The molecule has 0 radical (unpaired) electrons. The molecule has 0 aliphatic carbocycles. The summed E-state index contributed by atoms with van der Waals surface area (Å²) in [4.78, 5) is 32.2. The van der Waals surface area contributed by atoms with Crippen LogP contribution in [0.4, 0.5) is 4.39 Å². The van der Waals surface area contributed by atoms with Crippen molar-refractivity contribution in [1.29, 1.82) is 0 Å². The molecule has 0 atom stereocenters. The zero-order valence-electron chi connectivity index (χ0n) is 19.4. The standard InChI is InChI=1S/C27H28FN3O3/c1-18-11-12-22(26(32)29-17-20-7-3-6-10-24(20)34-2)25(30-18)19-13-15-31(16-14-19)27(33)21-8-4-5-9-23(21)28/h3-12,19H,13-17H2,1-2H3,(H,29,32). The first kappa shape index (κ1) is 23.4. The zero-order chi connectivity index (χ0) is 24.1. The molecule has 4 rings (SSSR count). The fourth-order valence-electron chi connectivity index (χ4n) is 4.36. The highest BCUT2D eigenvalue weighted by atomic mass is 19.1. The number of para-hydroxylation sites is 1. The van der Waals surface area contributed by atoms with Gasteiger partial charge in [0.1, 0.15) is 11.6 Å². The molecule has 1 aliphatic heterocycles. The first-order valence-electron chi connectivity index (χ1n) is 11.4. The molecule has 1 aliphatic rings. The van der Waals surface area contributed by atoms with E-state index in [0.29, 0.717) is 38.0 Å². The summed E-state index contributed by atoms with van der Waals surface area (Å²) in [5.41, 5.74) is 3.10. The van der Waals surface area contributed by atoms with Crippen LogP contribution in [0, 0.1) is 12.7 Å². The van der Waals surface area contributed by atoms with Gasteiger partial charge >= 0.3 is 0 Å². The third kappa shape index (κ3) is 5.09. The SMILES string of the molecule is COc1ccccc1CNC(=O)c1ccc(C)nc1C1CCN(C(=O)c2ccccc2F)CC1. The molecule has 0 bridgehead atoms. The van der Waals surface area contributed by atoms with Crippen LogP contribution in [0.5, 0.6) is 5.75 Å². The Bertz CT molecular complexity index is 1190. The van der Waals surface area contributed by atoms with Crippen molar-refractivity contribution in [3.8, 4) is 5.75 Å². The molecule has 1 fully saturated rings. The van der Waals surface area contributed by atoms with Crippen LogP contribution in [0.1, 0.15) is 56.4 Å². The number of likely N-dealkylation sites (tertiary alicyclic amines) is 1. The van der Waals surface area contributed by atoms with Gasteiger partial charge in [-0.15, -0.1) is 0 Å². The smallest absolute Gasteiger partial charge is 0.256 e. The fraction of sp³-hybridized carbons (Fsp3) is 0.296. The van der Waals surface area contributed by atoms with Crippen molar-refractivity contribution in [2.45, 2.75) is 32.2 Å². The van der Waals surface area contributed by atoms with Crippen LogP contribution >= 0.6 is 0 Å². The van der Waals surface area contributed by atoms with Gasteiger partial charge < -0.3 is 15.0 Å². The Balaban J connectivity index is 1.46. The molecule has 1 N–H and O–H groups in total. The van der Waals surface area contributed by atoms with Crippen molar-refractivity contribution in [2.75, 3.05) is 20.2 Å². The Labute approximate surface area is 198 Å². The Morgan fingerprint density at radius 3 is 2.47 bits per heavy atom. The van der Waals surface area contributed by atoms with Crippen LogP contribution in [-0.4, -0.2) is 41.9 Å². The first-order valence-corrected chi connectivity index (χ1v) is 11.4. The van der Waals surface area contributed by atoms with E-state index in [4.69, 9.17) is 9.72 Å². The molecule has 0 unspecified atom stereocenters. The summed E-state index contributed by atoms with van der Waals surface area (Å²) >= 11 is 0. The minimum Gasteiger partial charge on any atom is -0.496 e. The molecule has 2 amide bonds. The van der Waals surface area contributed by atoms with Gasteiger partial charge in [-0.2, -0.15) is 0 Å². The van der Waals surface area contributed by atoms with E-state index in [-0.39, 0.29) is 23.3 Å². The third-order valence-electron chi connectivity index (χ3n) is 6.21. The molecule has 1 aromatic heterocycles. The number of hydrogen-bond acceptors (Lipinski definition) is 4. The first-order chi connectivity index (χ1) is 16.5. The van der Waals surface area contributed by atoms with Gasteiger partial charge in [0.25, 0.3) is 11.8 Å². The second-order valence-electron chi connectivity index (χ2n) is 8.43. The van der Waals surface area contributed by atoms with Gasteiger partial charge in [0.2, 0.25) is 0 Å². The Kier molecular flexibility index (Phi) is 7.21. The number of benzene rings is 2. The third-order valence-corrected chi connectivity index (χ3v) is 6.21. The molecule has 6 nitrogen and oxygen atoms in total. The lowest BCUT2D eigenvalue weighted by atomic mass is 9.89. The molecule has 34 heavy (non-hydrogen) atoms. The molecule has 3 aromatic rings. The number of pyridine rings is 1. The van der Waals surface area contributed by atoms with Crippen molar-refractivity contribution in [2.24, 2.45) is 0 Å². The minimum absolute atomic E-state index is 0.0385. The van der Waals surface area contributed by atoms with Gasteiger partial charge in [0, 0.05) is 36.8 Å². The van der Waals surface area contributed by atoms with Crippen molar-refractivity contribution >= 4 is 11.8 Å². The number of methoxy groups -OCH3 is 1. The van der Waals surface area contributed by atoms with Crippen LogP contribution in [0.3, 0.4) is 0 Å². The lowest BCUT2D eigenvalue weighted by Crippen LogP contribution is -2.39. The minimum atomic E-state index is -0.510. The summed E-state index contributed by atoms with van der Waals surface area (Å²) in [5.74, 6) is -0.251. The molecular formula is C27H28FN3O3. The molecule has 176 valence electrons. The van der Waals surface area contributed by atoms with Gasteiger partial charge in [-0.3, -0.25) is 14.6 Å². The number of ether oxygens (including phenoxy) is 1. The molecule has 2 aromatic carbocycles. The van der Waals surface area contributed by atoms with E-state index in [1.807, 2.05) is 43.3 Å². The number of rotatable bonds is 6. The Hall–Kier alpha value is -3.74. The molecule has 0 spiro atoms. The molecule has 1 saturated heterocycles. The van der Waals surface area contributed by atoms with Crippen LogP contribution in [0.15, 0.2) is 60.7 Å². The van der Waals surface area contributed by atoms with Crippen molar-refractivity contribution in [3.05, 3.63) is 94.6 Å². The Morgan fingerprint density at radius 1 is 1.03 bits per heavy atom. The van der Waals surface area contributed by atoms with E-state index >= 15 is 0 Å². The molecular weight excluding hydrogens is 433 g/mol. The summed E-state index contributed by atoms with van der Waals surface area (Å²) in [7, 11) is 1.60. The van der Waals surface area contributed by atoms with E-state index in [9.17, 15) is 14.0 Å². The predicted octanol–water partition coefficient (Wildman–Crippen LogP) is 4.49. The second kappa shape index (κ2) is 10.5. The average Bonchev–Trinajstić information content (AvgIpc) is 2.87. The summed E-state index contributed by atoms with van der Waals surface area (Å²) in [6.07, 6.45) is 1.31. The van der Waals surface area contributed by atoms with E-state index in [2.05, 4.69) is 5.32 Å². The summed E-state index contributed by atoms with van der Waals surface area (Å²) < 4.78 is 19.4. The van der Waals surface area contributed by atoms with Crippen molar-refractivity contribution in [1.82, 2.24) is 15.2 Å². The highest BCUT2D eigenvalue weighted by molar-refractivity contribution is 5.96. The number of halogens is 1. The van der Waals surface area contributed by atoms with Crippen molar-refractivity contribution < 1.29 is 18.7 Å². The largest absolute Gasteiger partial charge is 0.496 e. The quantitative estimate of drug-likeness (QED) is 0.587. The molecule has 0 saturated carbocycles. The zero-order valence-corrected chi connectivity index (χ0v) is 19.4. The van der Waals surface area contributed by atoms with E-state index in [1.54, 1.807) is 24.1 Å². The fourth-order valence-corrected chi connectivity index (χ4v) is 4.36. The van der Waals surface area contributed by atoms with Gasteiger partial charge in [-0.25, -0.2) is 4.39 Å². The average molecular weight is 462 g/mol. The van der Waals surface area contributed by atoms with Gasteiger partial charge in [-0.1, -0.05) is 30.3 Å². The molecule has 2 heterocycles. The number of carbonyl (C=O) groups excluding carboxylic acids is 2. The highest BCUT2D eigenvalue weighted by Crippen LogP contribution is 2.30. The van der Waals surface area contributed by atoms with Crippen LogP contribution in [0.25, 0.3) is 0 Å². The number of aryl methyl sites for hydroxylation is 1. The van der Waals surface area contributed by atoms with E-state index in [1.165, 1.54) is 12.1 Å².